The van der Waals surface area contributed by atoms with E-state index < -0.39 is 0 Å². The fourth-order valence-corrected chi connectivity index (χ4v) is 0.977. The van der Waals surface area contributed by atoms with Gasteiger partial charge in [-0.15, -0.1) is 0 Å². The Morgan fingerprint density at radius 3 is 2.93 bits per heavy atom. The zero-order valence-electron chi connectivity index (χ0n) is 8.70. The van der Waals surface area contributed by atoms with Gasteiger partial charge in [0.25, 0.3) is 5.91 Å². The summed E-state index contributed by atoms with van der Waals surface area (Å²) in [7, 11) is 5.52. The van der Waals surface area contributed by atoms with Crippen molar-refractivity contribution in [3.05, 3.63) is 17.8 Å². The molecule has 1 rings (SSSR count). The van der Waals surface area contributed by atoms with Crippen LogP contribution < -0.4 is 5.32 Å². The predicted octanol–water partition coefficient (Wildman–Crippen LogP) is 0.138. The van der Waals surface area contributed by atoms with Gasteiger partial charge < -0.3 is 14.6 Å². The highest BCUT2D eigenvalue weighted by molar-refractivity contribution is 5.91. The molecule has 0 aliphatic heterocycles. The van der Waals surface area contributed by atoms with Crippen LogP contribution in [0.25, 0.3) is 0 Å². The molecule has 0 aromatic carbocycles. The van der Waals surface area contributed by atoms with Crippen molar-refractivity contribution in [2.45, 2.75) is 6.42 Å². The van der Waals surface area contributed by atoms with E-state index in [1.165, 1.54) is 6.26 Å². The summed E-state index contributed by atoms with van der Waals surface area (Å²) in [5.41, 5.74) is 0.334. The van der Waals surface area contributed by atoms with Crippen LogP contribution in [-0.2, 0) is 6.42 Å². The average molecular weight is 197 g/mol. The zero-order valence-corrected chi connectivity index (χ0v) is 8.70. The molecule has 14 heavy (non-hydrogen) atoms. The maximum absolute atomic E-state index is 11.1. The van der Waals surface area contributed by atoms with Gasteiger partial charge in [0.15, 0.2) is 11.6 Å². The first-order valence-corrected chi connectivity index (χ1v) is 4.44. The minimum absolute atomic E-state index is 0.218. The van der Waals surface area contributed by atoms with Crippen molar-refractivity contribution >= 4 is 5.91 Å². The van der Waals surface area contributed by atoms with Gasteiger partial charge in [-0.25, -0.2) is 4.98 Å². The van der Waals surface area contributed by atoms with Gasteiger partial charge in [-0.1, -0.05) is 0 Å². The highest BCUT2D eigenvalue weighted by Gasteiger charge is 2.09. The monoisotopic (exact) mass is 197 g/mol. The largest absolute Gasteiger partial charge is 0.448 e. The van der Waals surface area contributed by atoms with E-state index in [4.69, 9.17) is 4.42 Å². The Balaban J connectivity index is 2.55. The summed E-state index contributed by atoms with van der Waals surface area (Å²) in [6, 6.07) is 0. The lowest BCUT2D eigenvalue weighted by Gasteiger charge is -2.05. The van der Waals surface area contributed by atoms with Gasteiger partial charge in [-0.2, -0.15) is 0 Å². The van der Waals surface area contributed by atoms with Crippen LogP contribution in [0.15, 0.2) is 10.7 Å². The molecule has 0 saturated heterocycles. The molecule has 0 saturated carbocycles. The second-order valence-electron chi connectivity index (χ2n) is 3.26. The van der Waals surface area contributed by atoms with Crippen molar-refractivity contribution in [2.75, 3.05) is 27.7 Å². The maximum Gasteiger partial charge on any atom is 0.272 e. The number of aromatic nitrogens is 1. The van der Waals surface area contributed by atoms with E-state index >= 15 is 0 Å². The number of nitrogens with zero attached hydrogens (tertiary/aromatic N) is 2. The van der Waals surface area contributed by atoms with Gasteiger partial charge in [0.2, 0.25) is 0 Å². The average Bonchev–Trinajstić information content (AvgIpc) is 2.62. The molecule has 5 heteroatoms. The van der Waals surface area contributed by atoms with Crippen molar-refractivity contribution in [1.82, 2.24) is 15.2 Å². The van der Waals surface area contributed by atoms with Crippen molar-refractivity contribution < 1.29 is 9.21 Å². The van der Waals surface area contributed by atoms with Crippen LogP contribution in [0.3, 0.4) is 0 Å². The second kappa shape index (κ2) is 4.76. The molecule has 0 aliphatic rings. The molecule has 0 aliphatic carbocycles. The standard InChI is InChI=1S/C9H15N3O2/c1-10-9(13)7-6-14-8(11-7)4-5-12(2)3/h6H,4-5H2,1-3H3,(H,10,13). The van der Waals surface area contributed by atoms with Gasteiger partial charge in [0.05, 0.1) is 0 Å². The summed E-state index contributed by atoms with van der Waals surface area (Å²) in [5.74, 6) is 0.377. The molecule has 78 valence electrons. The molecule has 0 radical (unpaired) electrons. The Bertz CT molecular complexity index is 307. The summed E-state index contributed by atoms with van der Waals surface area (Å²) >= 11 is 0. The molecule has 1 aromatic rings. The van der Waals surface area contributed by atoms with Crippen LogP contribution in [0.4, 0.5) is 0 Å². The molecule has 1 amide bonds. The van der Waals surface area contributed by atoms with Crippen LogP contribution >= 0.6 is 0 Å². The normalized spacial score (nSPS) is 10.6. The molecule has 0 bridgehead atoms. The van der Waals surface area contributed by atoms with E-state index in [9.17, 15) is 4.79 Å². The topological polar surface area (TPSA) is 58.4 Å². The fourth-order valence-electron chi connectivity index (χ4n) is 0.977. The Morgan fingerprint density at radius 2 is 2.36 bits per heavy atom. The maximum atomic E-state index is 11.1. The van der Waals surface area contributed by atoms with Gasteiger partial charge >= 0.3 is 0 Å². The van der Waals surface area contributed by atoms with Gasteiger partial charge in [-0.05, 0) is 14.1 Å². The third-order valence-electron chi connectivity index (χ3n) is 1.78. The molecule has 0 fully saturated rings. The minimum atomic E-state index is -0.218. The number of carbonyl (C=O) groups excluding carboxylic acids is 1. The summed E-state index contributed by atoms with van der Waals surface area (Å²) in [6.45, 7) is 0.855. The number of carbonyl (C=O) groups is 1. The number of oxazole rings is 1. The highest BCUT2D eigenvalue weighted by atomic mass is 16.3. The Morgan fingerprint density at radius 1 is 1.64 bits per heavy atom. The predicted molar refractivity (Wildman–Crippen MR) is 52.2 cm³/mol. The van der Waals surface area contributed by atoms with Crippen LogP contribution in [0.1, 0.15) is 16.4 Å². The summed E-state index contributed by atoms with van der Waals surface area (Å²) in [5, 5.41) is 2.49. The van der Waals surface area contributed by atoms with Gasteiger partial charge in [-0.3, -0.25) is 4.79 Å². The third kappa shape index (κ3) is 2.85. The molecule has 0 spiro atoms. The van der Waals surface area contributed by atoms with Crippen molar-refractivity contribution in [3.63, 3.8) is 0 Å². The fraction of sp³-hybridized carbons (Fsp3) is 0.556. The van der Waals surface area contributed by atoms with E-state index in [1.807, 2.05) is 19.0 Å². The lowest BCUT2D eigenvalue weighted by atomic mass is 10.4. The van der Waals surface area contributed by atoms with Crippen molar-refractivity contribution in [3.8, 4) is 0 Å². The lowest BCUT2D eigenvalue weighted by Crippen LogP contribution is -2.18. The summed E-state index contributed by atoms with van der Waals surface area (Å²) in [4.78, 5) is 17.2. The van der Waals surface area contributed by atoms with E-state index in [-0.39, 0.29) is 5.91 Å². The van der Waals surface area contributed by atoms with E-state index in [0.29, 0.717) is 18.0 Å². The van der Waals surface area contributed by atoms with Crippen molar-refractivity contribution in [1.29, 1.82) is 0 Å². The zero-order chi connectivity index (χ0) is 10.6. The molecule has 1 aromatic heterocycles. The molecule has 5 nitrogen and oxygen atoms in total. The Hall–Kier alpha value is -1.36. The number of hydrogen-bond donors (Lipinski definition) is 1. The van der Waals surface area contributed by atoms with Crippen LogP contribution in [0, 0.1) is 0 Å². The van der Waals surface area contributed by atoms with Crippen LogP contribution in [0.2, 0.25) is 0 Å². The molecular weight excluding hydrogens is 182 g/mol. The molecule has 1 heterocycles. The molecule has 0 unspecified atom stereocenters. The first-order valence-electron chi connectivity index (χ1n) is 4.44. The minimum Gasteiger partial charge on any atom is -0.448 e. The molecule has 0 atom stereocenters. The first kappa shape index (κ1) is 10.7. The highest BCUT2D eigenvalue weighted by Crippen LogP contribution is 2.02. The number of hydrogen-bond acceptors (Lipinski definition) is 4. The van der Waals surface area contributed by atoms with E-state index in [2.05, 4.69) is 10.3 Å². The van der Waals surface area contributed by atoms with Gasteiger partial charge in [0, 0.05) is 20.0 Å². The van der Waals surface area contributed by atoms with Crippen LogP contribution in [0.5, 0.6) is 0 Å². The smallest absolute Gasteiger partial charge is 0.272 e. The van der Waals surface area contributed by atoms with Gasteiger partial charge in [0.1, 0.15) is 6.26 Å². The lowest BCUT2D eigenvalue weighted by molar-refractivity contribution is 0.0958. The number of amides is 1. The SMILES string of the molecule is CNC(=O)c1coc(CCN(C)C)n1. The Kier molecular flexibility index (Phi) is 3.64. The number of likely N-dealkylation sites (N-methyl/N-ethyl adjacent to an activating group) is 1. The third-order valence-corrected chi connectivity index (χ3v) is 1.78. The Labute approximate surface area is 83.1 Å². The second-order valence-corrected chi connectivity index (χ2v) is 3.26. The van der Waals surface area contributed by atoms with E-state index in [0.717, 1.165) is 6.54 Å². The number of rotatable bonds is 4. The molecular formula is C9H15N3O2. The van der Waals surface area contributed by atoms with E-state index in [1.54, 1.807) is 7.05 Å². The molecule has 1 N–H and O–H groups in total. The van der Waals surface area contributed by atoms with Crippen molar-refractivity contribution in [2.24, 2.45) is 0 Å². The quantitative estimate of drug-likeness (QED) is 0.745. The summed E-state index contributed by atoms with van der Waals surface area (Å²) in [6.07, 6.45) is 2.09. The first-order chi connectivity index (χ1) is 6.63. The summed E-state index contributed by atoms with van der Waals surface area (Å²) < 4.78 is 5.14. The number of nitrogens with one attached hydrogen (secondary N) is 1. The van der Waals surface area contributed by atoms with Crippen LogP contribution in [-0.4, -0.2) is 43.5 Å².